The third-order valence-electron chi connectivity index (χ3n) is 5.47. The Bertz CT molecular complexity index is 1510. The van der Waals surface area contributed by atoms with Crippen LogP contribution in [0.3, 0.4) is 0 Å². The van der Waals surface area contributed by atoms with Gasteiger partial charge in [-0.05, 0) is 61.0 Å². The first kappa shape index (κ1) is 21.9. The average Bonchev–Trinajstić information content (AvgIpc) is 2.83. The van der Waals surface area contributed by atoms with E-state index in [9.17, 15) is 17.6 Å². The maximum Gasteiger partial charge on any atom is 0.301 e. The van der Waals surface area contributed by atoms with Gasteiger partial charge in [-0.15, -0.1) is 0 Å². The zero-order valence-corrected chi connectivity index (χ0v) is 18.7. The third kappa shape index (κ3) is 4.33. The maximum absolute atomic E-state index is 14.8. The summed E-state index contributed by atoms with van der Waals surface area (Å²) in [6.45, 7) is 0.582. The highest BCUT2D eigenvalue weighted by atomic mass is 32.2. The van der Waals surface area contributed by atoms with Gasteiger partial charge in [0.05, 0.1) is 28.0 Å². The van der Waals surface area contributed by atoms with Gasteiger partial charge >= 0.3 is 10.2 Å². The van der Waals surface area contributed by atoms with Gasteiger partial charge in [-0.2, -0.15) is 13.1 Å². The van der Waals surface area contributed by atoms with Crippen LogP contribution in [0, 0.1) is 5.82 Å². The van der Waals surface area contributed by atoms with Crippen molar-refractivity contribution in [3.8, 4) is 11.3 Å². The lowest BCUT2D eigenvalue weighted by molar-refractivity contribution is 0.102. The first-order chi connectivity index (χ1) is 16.4. The number of hydrogen-bond acceptors (Lipinski definition) is 5. The molecule has 172 valence electrons. The van der Waals surface area contributed by atoms with Crippen LogP contribution in [0.5, 0.6) is 0 Å². The summed E-state index contributed by atoms with van der Waals surface area (Å²) in [6.07, 6.45) is 2.30. The van der Waals surface area contributed by atoms with Crippen molar-refractivity contribution in [2.75, 3.05) is 22.7 Å². The third-order valence-corrected chi connectivity index (χ3v) is 7.01. The van der Waals surface area contributed by atoms with Gasteiger partial charge in [-0.3, -0.25) is 14.1 Å². The van der Waals surface area contributed by atoms with Gasteiger partial charge in [0.2, 0.25) is 0 Å². The molecule has 10 heteroatoms. The van der Waals surface area contributed by atoms with Gasteiger partial charge in [0.25, 0.3) is 5.91 Å². The Labute approximate surface area is 195 Å². The van der Waals surface area contributed by atoms with E-state index in [0.29, 0.717) is 24.3 Å². The van der Waals surface area contributed by atoms with E-state index in [-0.39, 0.29) is 17.8 Å². The Balaban J connectivity index is 1.37. The van der Waals surface area contributed by atoms with E-state index in [1.54, 1.807) is 24.4 Å². The van der Waals surface area contributed by atoms with E-state index in [0.717, 1.165) is 27.0 Å². The fourth-order valence-corrected chi connectivity index (χ4v) is 5.12. The minimum absolute atomic E-state index is 0.167. The smallest absolute Gasteiger partial charge is 0.301 e. The predicted molar refractivity (Wildman–Crippen MR) is 128 cm³/mol. The van der Waals surface area contributed by atoms with Crippen molar-refractivity contribution in [3.05, 3.63) is 84.3 Å². The number of aromatic nitrogens is 2. The minimum Gasteiger partial charge on any atom is -0.322 e. The number of carbonyl (C=O) groups is 1. The largest absolute Gasteiger partial charge is 0.322 e. The average molecular weight is 478 g/mol. The van der Waals surface area contributed by atoms with E-state index in [1.807, 2.05) is 30.3 Å². The van der Waals surface area contributed by atoms with Crippen LogP contribution in [0.4, 0.5) is 15.8 Å². The second kappa shape index (κ2) is 8.81. The molecule has 1 amide bonds. The van der Waals surface area contributed by atoms with Crippen LogP contribution in [0.1, 0.15) is 16.8 Å². The number of amides is 1. The summed E-state index contributed by atoms with van der Waals surface area (Å²) in [6, 6.07) is 18.2. The Morgan fingerprint density at radius 3 is 2.74 bits per heavy atom. The quantitative estimate of drug-likeness (QED) is 0.466. The SMILES string of the molecule is O=C(Nc1cccc(-c2ccc3ncccc3n2)c1)c1ccc(N2CCCNS2(=O)=O)cc1F. The Morgan fingerprint density at radius 2 is 1.91 bits per heavy atom. The highest BCUT2D eigenvalue weighted by Gasteiger charge is 2.26. The number of carbonyl (C=O) groups excluding carboxylic acids is 1. The summed E-state index contributed by atoms with van der Waals surface area (Å²) in [5.41, 5.74) is 3.48. The lowest BCUT2D eigenvalue weighted by Crippen LogP contribution is -2.47. The highest BCUT2D eigenvalue weighted by Crippen LogP contribution is 2.25. The zero-order chi connectivity index (χ0) is 23.7. The van der Waals surface area contributed by atoms with Crippen molar-refractivity contribution in [2.45, 2.75) is 6.42 Å². The molecule has 2 aromatic heterocycles. The van der Waals surface area contributed by atoms with Gasteiger partial charge in [-0.1, -0.05) is 12.1 Å². The van der Waals surface area contributed by atoms with E-state index in [1.165, 1.54) is 12.1 Å². The normalized spacial score (nSPS) is 15.3. The molecule has 4 aromatic rings. The molecule has 0 unspecified atom stereocenters. The molecule has 0 bridgehead atoms. The molecule has 0 saturated carbocycles. The molecule has 5 rings (SSSR count). The van der Waals surface area contributed by atoms with Crippen molar-refractivity contribution in [2.24, 2.45) is 0 Å². The molecule has 2 aromatic carbocycles. The lowest BCUT2D eigenvalue weighted by atomic mass is 10.1. The van der Waals surface area contributed by atoms with Gasteiger partial charge in [0, 0.05) is 30.5 Å². The summed E-state index contributed by atoms with van der Waals surface area (Å²) >= 11 is 0. The zero-order valence-electron chi connectivity index (χ0n) is 17.9. The number of pyridine rings is 2. The number of benzene rings is 2. The standard InChI is InChI=1S/C24H20FN5O3S/c25-20-15-18(30-13-3-12-27-34(30,32)33)7-8-19(20)24(31)28-17-5-1-4-16(14-17)21-9-10-22-23(29-21)6-2-11-26-22/h1-2,4-11,14-15,27H,3,12-13H2,(H,28,31). The molecule has 34 heavy (non-hydrogen) atoms. The molecule has 1 aliphatic heterocycles. The number of anilines is 2. The van der Waals surface area contributed by atoms with Crippen molar-refractivity contribution in [1.82, 2.24) is 14.7 Å². The highest BCUT2D eigenvalue weighted by molar-refractivity contribution is 7.90. The molecule has 1 fully saturated rings. The second-order valence-corrected chi connectivity index (χ2v) is 9.44. The second-order valence-electron chi connectivity index (χ2n) is 7.76. The Hall–Kier alpha value is -3.89. The molecular weight excluding hydrogens is 457 g/mol. The molecule has 0 atom stereocenters. The van der Waals surface area contributed by atoms with Gasteiger partial charge in [0.1, 0.15) is 5.82 Å². The molecular formula is C24H20FN5O3S. The first-order valence-electron chi connectivity index (χ1n) is 10.6. The maximum atomic E-state index is 14.8. The molecule has 0 radical (unpaired) electrons. The Kier molecular flexibility index (Phi) is 5.68. The Morgan fingerprint density at radius 1 is 1.03 bits per heavy atom. The topological polar surface area (TPSA) is 104 Å². The van der Waals surface area contributed by atoms with Gasteiger partial charge < -0.3 is 5.32 Å². The molecule has 3 heterocycles. The van der Waals surface area contributed by atoms with Crippen LogP contribution in [-0.4, -0.2) is 37.4 Å². The fraction of sp³-hybridized carbons (Fsp3) is 0.125. The van der Waals surface area contributed by atoms with Crippen molar-refractivity contribution < 1.29 is 17.6 Å². The molecule has 1 saturated heterocycles. The van der Waals surface area contributed by atoms with E-state index in [4.69, 9.17) is 0 Å². The predicted octanol–water partition coefficient (Wildman–Crippen LogP) is 3.73. The minimum atomic E-state index is -3.71. The van der Waals surface area contributed by atoms with Crippen LogP contribution >= 0.6 is 0 Å². The number of fused-ring (bicyclic) bond motifs is 1. The van der Waals surface area contributed by atoms with Crippen LogP contribution in [0.2, 0.25) is 0 Å². The molecule has 2 N–H and O–H groups in total. The molecule has 1 aliphatic rings. The van der Waals surface area contributed by atoms with E-state index in [2.05, 4.69) is 20.0 Å². The monoisotopic (exact) mass is 477 g/mol. The van der Waals surface area contributed by atoms with Crippen LogP contribution in [-0.2, 0) is 10.2 Å². The molecule has 0 spiro atoms. The summed E-state index contributed by atoms with van der Waals surface area (Å²) in [7, 11) is -3.71. The summed E-state index contributed by atoms with van der Waals surface area (Å²) in [5.74, 6) is -1.45. The number of nitrogens with zero attached hydrogens (tertiary/aromatic N) is 3. The summed E-state index contributed by atoms with van der Waals surface area (Å²) in [4.78, 5) is 21.6. The number of halogens is 1. The van der Waals surface area contributed by atoms with Crippen molar-refractivity contribution >= 4 is 38.5 Å². The fourth-order valence-electron chi connectivity index (χ4n) is 3.81. The number of hydrogen-bond donors (Lipinski definition) is 2. The van der Waals surface area contributed by atoms with Crippen molar-refractivity contribution in [3.63, 3.8) is 0 Å². The molecule has 0 aliphatic carbocycles. The van der Waals surface area contributed by atoms with Crippen LogP contribution in [0.15, 0.2) is 72.9 Å². The van der Waals surface area contributed by atoms with Gasteiger partial charge in [0.15, 0.2) is 0 Å². The van der Waals surface area contributed by atoms with E-state index >= 15 is 0 Å². The van der Waals surface area contributed by atoms with Crippen LogP contribution in [0.25, 0.3) is 22.3 Å². The van der Waals surface area contributed by atoms with Gasteiger partial charge in [-0.25, -0.2) is 9.37 Å². The number of nitrogens with one attached hydrogen (secondary N) is 2. The summed E-state index contributed by atoms with van der Waals surface area (Å²) < 4.78 is 42.6. The van der Waals surface area contributed by atoms with E-state index < -0.39 is 21.9 Å². The molecule has 8 nitrogen and oxygen atoms in total. The van der Waals surface area contributed by atoms with Crippen LogP contribution < -0.4 is 14.3 Å². The summed E-state index contributed by atoms with van der Waals surface area (Å²) in [5, 5.41) is 2.70. The van der Waals surface area contributed by atoms with Crippen molar-refractivity contribution in [1.29, 1.82) is 0 Å². The lowest BCUT2D eigenvalue weighted by Gasteiger charge is -2.28. The first-order valence-corrected chi connectivity index (χ1v) is 12.1. The number of rotatable bonds is 4.